The Balaban J connectivity index is 2.33. The van der Waals surface area contributed by atoms with Crippen molar-refractivity contribution in [2.45, 2.75) is 26.0 Å². The van der Waals surface area contributed by atoms with E-state index in [9.17, 15) is 0 Å². The zero-order valence-electron chi connectivity index (χ0n) is 8.33. The number of hydrogen-bond acceptors (Lipinski definition) is 6. The van der Waals surface area contributed by atoms with Crippen molar-refractivity contribution < 1.29 is 5.11 Å². The third-order valence-electron chi connectivity index (χ3n) is 2.09. The summed E-state index contributed by atoms with van der Waals surface area (Å²) in [5.41, 5.74) is 6.71. The molecule has 0 aliphatic rings. The molecular formula is C8H12N6O. The van der Waals surface area contributed by atoms with Gasteiger partial charge in [0.1, 0.15) is 6.33 Å². The lowest BCUT2D eigenvalue weighted by Crippen LogP contribution is -2.08. The van der Waals surface area contributed by atoms with Gasteiger partial charge in [0.2, 0.25) is 0 Å². The molecule has 0 spiro atoms. The first-order valence-electron chi connectivity index (χ1n) is 4.66. The molecule has 1 atom stereocenters. The van der Waals surface area contributed by atoms with Crippen LogP contribution in [-0.4, -0.2) is 36.2 Å². The van der Waals surface area contributed by atoms with E-state index in [2.05, 4.69) is 20.3 Å². The molecule has 0 aromatic carbocycles. The Morgan fingerprint density at radius 3 is 3.07 bits per heavy atom. The third-order valence-corrected chi connectivity index (χ3v) is 2.09. The molecule has 0 aliphatic carbocycles. The summed E-state index contributed by atoms with van der Waals surface area (Å²) in [4.78, 5) is 7.86. The molecule has 0 saturated heterocycles. The lowest BCUT2D eigenvalue weighted by molar-refractivity contribution is 0.176. The van der Waals surface area contributed by atoms with Gasteiger partial charge in [-0.15, -0.1) is 5.10 Å². The molecule has 0 aliphatic heterocycles. The molecule has 0 saturated carbocycles. The molecule has 7 nitrogen and oxygen atoms in total. The normalized spacial score (nSPS) is 13.2. The van der Waals surface area contributed by atoms with E-state index in [0.717, 1.165) is 0 Å². The second-order valence-corrected chi connectivity index (χ2v) is 3.38. The van der Waals surface area contributed by atoms with Gasteiger partial charge in [-0.05, 0) is 13.3 Å². The van der Waals surface area contributed by atoms with Gasteiger partial charge in [0.25, 0.3) is 0 Å². The first kappa shape index (κ1) is 9.78. The van der Waals surface area contributed by atoms with Crippen molar-refractivity contribution in [3.05, 3.63) is 6.33 Å². The number of aliphatic hydroxyl groups is 1. The number of aromatic nitrogens is 5. The summed E-state index contributed by atoms with van der Waals surface area (Å²) in [7, 11) is 0. The first-order valence-corrected chi connectivity index (χ1v) is 4.66. The summed E-state index contributed by atoms with van der Waals surface area (Å²) in [6.45, 7) is 2.28. The average molecular weight is 208 g/mol. The van der Waals surface area contributed by atoms with Gasteiger partial charge in [-0.25, -0.2) is 14.6 Å². The quantitative estimate of drug-likeness (QED) is 0.709. The van der Waals surface area contributed by atoms with E-state index < -0.39 is 0 Å². The minimum absolute atomic E-state index is 0.322. The summed E-state index contributed by atoms with van der Waals surface area (Å²) < 4.78 is 1.61. The van der Waals surface area contributed by atoms with Crippen LogP contribution in [0, 0.1) is 0 Å². The fourth-order valence-electron chi connectivity index (χ4n) is 1.27. The van der Waals surface area contributed by atoms with Crippen LogP contribution < -0.4 is 5.73 Å². The van der Waals surface area contributed by atoms with Crippen molar-refractivity contribution >= 4 is 17.0 Å². The van der Waals surface area contributed by atoms with E-state index in [1.54, 1.807) is 11.6 Å². The number of nitrogens with zero attached hydrogens (tertiary/aromatic N) is 5. The van der Waals surface area contributed by atoms with Crippen molar-refractivity contribution in [1.29, 1.82) is 0 Å². The Labute approximate surface area is 85.9 Å². The molecule has 0 fully saturated rings. The van der Waals surface area contributed by atoms with Crippen LogP contribution >= 0.6 is 0 Å². The predicted molar refractivity (Wildman–Crippen MR) is 53.8 cm³/mol. The van der Waals surface area contributed by atoms with Gasteiger partial charge in [-0.2, -0.15) is 0 Å². The van der Waals surface area contributed by atoms with Gasteiger partial charge in [0, 0.05) is 6.54 Å². The lowest BCUT2D eigenvalue weighted by Gasteiger charge is -2.03. The Bertz CT molecular complexity index is 465. The van der Waals surface area contributed by atoms with Crippen LogP contribution in [0.1, 0.15) is 13.3 Å². The minimum Gasteiger partial charge on any atom is -0.393 e. The minimum atomic E-state index is -0.372. The van der Waals surface area contributed by atoms with E-state index in [1.807, 2.05) is 0 Å². The fraction of sp³-hybridized carbons (Fsp3) is 0.500. The Hall–Kier alpha value is -1.76. The summed E-state index contributed by atoms with van der Waals surface area (Å²) in [6.07, 6.45) is 1.60. The van der Waals surface area contributed by atoms with Crippen LogP contribution in [0.4, 0.5) is 5.82 Å². The van der Waals surface area contributed by atoms with Gasteiger partial charge in [0.05, 0.1) is 6.10 Å². The summed E-state index contributed by atoms with van der Waals surface area (Å²) >= 11 is 0. The molecule has 0 radical (unpaired) electrons. The predicted octanol–water partition coefficient (Wildman–Crippen LogP) is -0.426. The number of anilines is 1. The van der Waals surface area contributed by atoms with Gasteiger partial charge in [0.15, 0.2) is 17.0 Å². The van der Waals surface area contributed by atoms with Crippen molar-refractivity contribution in [2.75, 3.05) is 5.73 Å². The molecule has 2 aromatic rings. The van der Waals surface area contributed by atoms with Crippen LogP contribution in [0.15, 0.2) is 6.33 Å². The number of nitrogens with two attached hydrogens (primary N) is 1. The molecule has 80 valence electrons. The summed E-state index contributed by atoms with van der Waals surface area (Å²) in [6, 6.07) is 0. The molecule has 0 bridgehead atoms. The molecule has 15 heavy (non-hydrogen) atoms. The van der Waals surface area contributed by atoms with Crippen LogP contribution in [-0.2, 0) is 6.54 Å². The van der Waals surface area contributed by atoms with Crippen molar-refractivity contribution in [1.82, 2.24) is 25.0 Å². The molecule has 3 N–H and O–H groups in total. The smallest absolute Gasteiger partial charge is 0.183 e. The van der Waals surface area contributed by atoms with Crippen LogP contribution in [0.3, 0.4) is 0 Å². The van der Waals surface area contributed by atoms with Gasteiger partial charge >= 0.3 is 0 Å². The number of hydrogen-bond donors (Lipinski definition) is 2. The molecule has 2 rings (SSSR count). The van der Waals surface area contributed by atoms with Gasteiger partial charge in [-0.1, -0.05) is 5.21 Å². The maximum Gasteiger partial charge on any atom is 0.183 e. The lowest BCUT2D eigenvalue weighted by atomic mass is 10.3. The third kappa shape index (κ3) is 1.86. The standard InChI is InChI=1S/C8H12N6O/c1-5(15)2-3-14-8-6(12-13-14)7(9)10-4-11-8/h4-5,15H,2-3H2,1H3,(H2,9,10,11). The zero-order valence-corrected chi connectivity index (χ0v) is 8.33. The monoisotopic (exact) mass is 208 g/mol. The molecule has 7 heteroatoms. The number of nitrogen functional groups attached to an aromatic ring is 1. The number of aryl methyl sites for hydroxylation is 1. The molecule has 2 aromatic heterocycles. The second-order valence-electron chi connectivity index (χ2n) is 3.38. The first-order chi connectivity index (χ1) is 7.18. The Morgan fingerprint density at radius 2 is 2.33 bits per heavy atom. The molecule has 1 unspecified atom stereocenters. The van der Waals surface area contributed by atoms with Gasteiger partial charge < -0.3 is 10.8 Å². The SMILES string of the molecule is CC(O)CCn1nnc2c(N)ncnc21. The van der Waals surface area contributed by atoms with Crippen molar-refractivity contribution in [3.63, 3.8) is 0 Å². The molecular weight excluding hydrogens is 196 g/mol. The van der Waals surface area contributed by atoms with Crippen LogP contribution in [0.25, 0.3) is 11.2 Å². The topological polar surface area (TPSA) is 103 Å². The van der Waals surface area contributed by atoms with Gasteiger partial charge in [-0.3, -0.25) is 0 Å². The van der Waals surface area contributed by atoms with E-state index >= 15 is 0 Å². The highest BCUT2D eigenvalue weighted by molar-refractivity contribution is 5.80. The number of aliphatic hydroxyl groups excluding tert-OH is 1. The van der Waals surface area contributed by atoms with E-state index in [0.29, 0.717) is 29.9 Å². The van der Waals surface area contributed by atoms with E-state index in [4.69, 9.17) is 10.8 Å². The zero-order chi connectivity index (χ0) is 10.8. The fourth-order valence-corrected chi connectivity index (χ4v) is 1.27. The summed E-state index contributed by atoms with van der Waals surface area (Å²) in [5.74, 6) is 0.322. The van der Waals surface area contributed by atoms with Crippen molar-refractivity contribution in [3.8, 4) is 0 Å². The Kier molecular flexibility index (Phi) is 2.46. The van der Waals surface area contributed by atoms with Crippen LogP contribution in [0.2, 0.25) is 0 Å². The number of rotatable bonds is 3. The highest BCUT2D eigenvalue weighted by Crippen LogP contribution is 2.12. The van der Waals surface area contributed by atoms with Crippen molar-refractivity contribution in [2.24, 2.45) is 0 Å². The molecule has 2 heterocycles. The van der Waals surface area contributed by atoms with E-state index in [-0.39, 0.29) is 6.10 Å². The van der Waals surface area contributed by atoms with E-state index in [1.165, 1.54) is 6.33 Å². The number of fused-ring (bicyclic) bond motifs is 1. The summed E-state index contributed by atoms with van der Waals surface area (Å²) in [5, 5.41) is 16.9. The molecule has 0 amide bonds. The maximum absolute atomic E-state index is 9.16. The highest BCUT2D eigenvalue weighted by atomic mass is 16.3. The van der Waals surface area contributed by atoms with Crippen LogP contribution in [0.5, 0.6) is 0 Å². The highest BCUT2D eigenvalue weighted by Gasteiger charge is 2.09. The Morgan fingerprint density at radius 1 is 1.53 bits per heavy atom. The maximum atomic E-state index is 9.16. The second kappa shape index (κ2) is 3.77. The average Bonchev–Trinajstić information content (AvgIpc) is 2.59. The largest absolute Gasteiger partial charge is 0.393 e.